The molecule has 0 heterocycles. The van der Waals surface area contributed by atoms with Crippen molar-refractivity contribution >= 4 is 27.5 Å². The van der Waals surface area contributed by atoms with Gasteiger partial charge in [0.2, 0.25) is 0 Å². The van der Waals surface area contributed by atoms with E-state index in [0.717, 1.165) is 16.3 Å². The number of benzene rings is 1. The van der Waals surface area contributed by atoms with Crippen molar-refractivity contribution in [2.75, 3.05) is 20.3 Å². The lowest BCUT2D eigenvalue weighted by Crippen LogP contribution is -2.04. The summed E-state index contributed by atoms with van der Waals surface area (Å²) in [5.41, 5.74) is 1.03. The van der Waals surface area contributed by atoms with Crippen LogP contribution in [-0.2, 0) is 4.74 Å². The van der Waals surface area contributed by atoms with E-state index in [-0.39, 0.29) is 4.83 Å². The molecule has 4 heteroatoms. The maximum Gasteiger partial charge on any atom is 0.119 e. The van der Waals surface area contributed by atoms with Gasteiger partial charge in [-0.15, -0.1) is 0 Å². The quantitative estimate of drug-likeness (QED) is 0.607. The SMILES string of the molecule is COCCOc1ccc(Cl)c(C(C)Br)c1. The van der Waals surface area contributed by atoms with Crippen LogP contribution in [-0.4, -0.2) is 20.3 Å². The van der Waals surface area contributed by atoms with Crippen molar-refractivity contribution in [3.8, 4) is 5.75 Å². The van der Waals surface area contributed by atoms with Crippen LogP contribution in [0.5, 0.6) is 5.75 Å². The first-order valence-corrected chi connectivity index (χ1v) is 5.99. The lowest BCUT2D eigenvalue weighted by atomic mass is 10.1. The van der Waals surface area contributed by atoms with Gasteiger partial charge < -0.3 is 9.47 Å². The molecule has 0 spiro atoms. The fourth-order valence-electron chi connectivity index (χ4n) is 1.16. The number of halogens is 2. The van der Waals surface area contributed by atoms with E-state index in [4.69, 9.17) is 21.1 Å². The molecule has 1 aromatic carbocycles. The summed E-state index contributed by atoms with van der Waals surface area (Å²) in [7, 11) is 1.65. The van der Waals surface area contributed by atoms with Gasteiger partial charge in [-0.1, -0.05) is 27.5 Å². The lowest BCUT2D eigenvalue weighted by Gasteiger charge is -2.10. The highest BCUT2D eigenvalue weighted by molar-refractivity contribution is 9.09. The number of rotatable bonds is 5. The maximum absolute atomic E-state index is 6.04. The van der Waals surface area contributed by atoms with Crippen LogP contribution in [0.1, 0.15) is 17.3 Å². The zero-order valence-corrected chi connectivity index (χ0v) is 11.1. The van der Waals surface area contributed by atoms with Gasteiger partial charge in [0.05, 0.1) is 6.61 Å². The molecule has 0 amide bonds. The van der Waals surface area contributed by atoms with Gasteiger partial charge in [-0.3, -0.25) is 0 Å². The summed E-state index contributed by atoms with van der Waals surface area (Å²) in [6, 6.07) is 5.64. The van der Waals surface area contributed by atoms with Crippen molar-refractivity contribution in [1.82, 2.24) is 0 Å². The van der Waals surface area contributed by atoms with Crippen LogP contribution in [0.25, 0.3) is 0 Å². The van der Waals surface area contributed by atoms with Gasteiger partial charge in [0.15, 0.2) is 0 Å². The molecule has 1 atom stereocenters. The molecule has 2 nitrogen and oxygen atoms in total. The Morgan fingerprint density at radius 1 is 1.40 bits per heavy atom. The van der Waals surface area contributed by atoms with E-state index in [1.165, 1.54) is 0 Å². The molecule has 0 aliphatic heterocycles. The van der Waals surface area contributed by atoms with Crippen LogP contribution >= 0.6 is 27.5 Å². The van der Waals surface area contributed by atoms with E-state index in [1.54, 1.807) is 7.11 Å². The summed E-state index contributed by atoms with van der Waals surface area (Å²) in [5, 5.41) is 0.749. The van der Waals surface area contributed by atoms with Gasteiger partial charge in [0.1, 0.15) is 12.4 Å². The molecule has 0 aliphatic rings. The highest BCUT2D eigenvalue weighted by Gasteiger charge is 2.07. The molecule has 0 aliphatic carbocycles. The monoisotopic (exact) mass is 292 g/mol. The second-order valence-electron chi connectivity index (χ2n) is 3.14. The largest absolute Gasteiger partial charge is 0.491 e. The molecule has 1 aromatic rings. The number of alkyl halides is 1. The highest BCUT2D eigenvalue weighted by Crippen LogP contribution is 2.31. The predicted octanol–water partition coefficient (Wildman–Crippen LogP) is 3.82. The van der Waals surface area contributed by atoms with Crippen molar-refractivity contribution in [2.24, 2.45) is 0 Å². The van der Waals surface area contributed by atoms with Crippen LogP contribution in [0.2, 0.25) is 5.02 Å². The van der Waals surface area contributed by atoms with Crippen molar-refractivity contribution < 1.29 is 9.47 Å². The first kappa shape index (κ1) is 12.8. The Morgan fingerprint density at radius 2 is 2.13 bits per heavy atom. The topological polar surface area (TPSA) is 18.5 Å². The molecule has 84 valence electrons. The minimum absolute atomic E-state index is 0.218. The van der Waals surface area contributed by atoms with E-state index >= 15 is 0 Å². The van der Waals surface area contributed by atoms with E-state index < -0.39 is 0 Å². The fourth-order valence-corrected chi connectivity index (χ4v) is 1.95. The van der Waals surface area contributed by atoms with Gasteiger partial charge in [-0.05, 0) is 30.7 Å². The van der Waals surface area contributed by atoms with E-state index in [1.807, 2.05) is 25.1 Å². The third-order valence-corrected chi connectivity index (χ3v) is 2.79. The molecule has 0 saturated carbocycles. The summed E-state index contributed by atoms with van der Waals surface area (Å²) in [5.74, 6) is 0.817. The smallest absolute Gasteiger partial charge is 0.119 e. The number of hydrogen-bond donors (Lipinski definition) is 0. The third-order valence-electron chi connectivity index (χ3n) is 1.95. The van der Waals surface area contributed by atoms with Crippen LogP contribution in [0.3, 0.4) is 0 Å². The zero-order chi connectivity index (χ0) is 11.3. The first-order valence-electron chi connectivity index (χ1n) is 4.70. The third kappa shape index (κ3) is 4.01. The first-order chi connectivity index (χ1) is 7.15. The normalized spacial score (nSPS) is 12.5. The lowest BCUT2D eigenvalue weighted by molar-refractivity contribution is 0.146. The van der Waals surface area contributed by atoms with Gasteiger partial charge >= 0.3 is 0 Å². The Labute approximate surface area is 104 Å². The Hall–Kier alpha value is -0.250. The second kappa shape index (κ2) is 6.36. The van der Waals surface area contributed by atoms with E-state index in [0.29, 0.717) is 13.2 Å². The van der Waals surface area contributed by atoms with Gasteiger partial charge in [-0.2, -0.15) is 0 Å². The molecule has 0 bridgehead atoms. The summed E-state index contributed by atoms with van der Waals surface area (Å²) in [6.07, 6.45) is 0. The average Bonchev–Trinajstić information content (AvgIpc) is 2.20. The van der Waals surface area contributed by atoms with Crippen LogP contribution in [0, 0.1) is 0 Å². The molecule has 0 fully saturated rings. The Kier molecular flexibility index (Phi) is 5.43. The Morgan fingerprint density at radius 3 is 2.73 bits per heavy atom. The van der Waals surface area contributed by atoms with Crippen molar-refractivity contribution in [2.45, 2.75) is 11.8 Å². The molecule has 15 heavy (non-hydrogen) atoms. The minimum atomic E-state index is 0.218. The van der Waals surface area contributed by atoms with E-state index in [2.05, 4.69) is 15.9 Å². The summed E-state index contributed by atoms with van der Waals surface area (Å²) in [4.78, 5) is 0.218. The molecule has 0 N–H and O–H groups in total. The molecule has 1 rings (SSSR count). The summed E-state index contributed by atoms with van der Waals surface area (Å²) < 4.78 is 10.4. The van der Waals surface area contributed by atoms with Gasteiger partial charge in [0, 0.05) is 17.0 Å². The molecule has 0 aromatic heterocycles. The molecular weight excluding hydrogens is 279 g/mol. The van der Waals surface area contributed by atoms with Crippen LogP contribution in [0.4, 0.5) is 0 Å². The van der Waals surface area contributed by atoms with Gasteiger partial charge in [-0.25, -0.2) is 0 Å². The van der Waals surface area contributed by atoms with Crippen molar-refractivity contribution in [3.63, 3.8) is 0 Å². The van der Waals surface area contributed by atoms with Crippen molar-refractivity contribution in [1.29, 1.82) is 0 Å². The average molecular weight is 294 g/mol. The van der Waals surface area contributed by atoms with Crippen LogP contribution in [0.15, 0.2) is 18.2 Å². The number of hydrogen-bond acceptors (Lipinski definition) is 2. The molecule has 0 saturated heterocycles. The van der Waals surface area contributed by atoms with Crippen LogP contribution < -0.4 is 4.74 Å². The second-order valence-corrected chi connectivity index (χ2v) is 4.92. The fraction of sp³-hybridized carbons (Fsp3) is 0.455. The summed E-state index contributed by atoms with van der Waals surface area (Å²) in [6.45, 7) is 3.16. The molecular formula is C11H14BrClO2. The molecule has 0 radical (unpaired) electrons. The predicted molar refractivity (Wildman–Crippen MR) is 66.2 cm³/mol. The number of methoxy groups -OCH3 is 1. The van der Waals surface area contributed by atoms with Crippen molar-refractivity contribution in [3.05, 3.63) is 28.8 Å². The summed E-state index contributed by atoms with van der Waals surface area (Å²) >= 11 is 9.53. The standard InChI is InChI=1S/C11H14BrClO2/c1-8(12)10-7-9(3-4-11(10)13)15-6-5-14-2/h3-4,7-8H,5-6H2,1-2H3. The van der Waals surface area contributed by atoms with E-state index in [9.17, 15) is 0 Å². The molecule has 1 unspecified atom stereocenters. The number of ether oxygens (including phenoxy) is 2. The Balaban J connectivity index is 2.70. The highest BCUT2D eigenvalue weighted by atomic mass is 79.9. The zero-order valence-electron chi connectivity index (χ0n) is 8.80. The minimum Gasteiger partial charge on any atom is -0.491 e. The van der Waals surface area contributed by atoms with Gasteiger partial charge in [0.25, 0.3) is 0 Å². The maximum atomic E-state index is 6.04. The Bertz CT molecular complexity index is 315.